The van der Waals surface area contributed by atoms with E-state index in [4.69, 9.17) is 4.42 Å². The van der Waals surface area contributed by atoms with Crippen molar-refractivity contribution in [3.63, 3.8) is 0 Å². The predicted octanol–water partition coefficient (Wildman–Crippen LogP) is 4.11. The van der Waals surface area contributed by atoms with Gasteiger partial charge in [0.15, 0.2) is 0 Å². The Balaban J connectivity index is 2.03. The van der Waals surface area contributed by atoms with Crippen LogP contribution >= 0.6 is 0 Å². The molecule has 1 heterocycles. The normalized spacial score (nSPS) is 17.3. The summed E-state index contributed by atoms with van der Waals surface area (Å²) in [6.07, 6.45) is 2.65. The summed E-state index contributed by atoms with van der Waals surface area (Å²) in [6.45, 7) is 7.42. The molecular weight excluding hydrogens is 222 g/mol. The highest BCUT2D eigenvalue weighted by Gasteiger charge is 2.33. The average molecular weight is 243 g/mol. The van der Waals surface area contributed by atoms with Crippen LogP contribution in [0.3, 0.4) is 0 Å². The van der Waals surface area contributed by atoms with Gasteiger partial charge in [-0.3, -0.25) is 0 Å². The summed E-state index contributed by atoms with van der Waals surface area (Å²) in [6, 6.07) is 7.03. The minimum atomic E-state index is 0.405. The highest BCUT2D eigenvalue weighted by atomic mass is 16.3. The highest BCUT2D eigenvalue weighted by Crippen LogP contribution is 2.42. The number of aryl methyl sites for hydroxylation is 2. The van der Waals surface area contributed by atoms with Crippen LogP contribution in [-0.4, -0.2) is 6.54 Å². The van der Waals surface area contributed by atoms with Crippen LogP contribution in [0, 0.1) is 19.8 Å². The average Bonchev–Trinajstić information content (AvgIpc) is 3.06. The third-order valence-corrected chi connectivity index (χ3v) is 3.79. The Bertz CT molecular complexity index is 566. The first-order valence-electron chi connectivity index (χ1n) is 6.93. The molecule has 1 unspecified atom stereocenters. The lowest BCUT2D eigenvalue weighted by atomic mass is 10.1. The van der Waals surface area contributed by atoms with Crippen LogP contribution in [0.25, 0.3) is 11.0 Å². The molecule has 0 bridgehead atoms. The molecule has 2 heteroatoms. The van der Waals surface area contributed by atoms with E-state index in [-0.39, 0.29) is 0 Å². The maximum Gasteiger partial charge on any atom is 0.137 e. The van der Waals surface area contributed by atoms with Crippen LogP contribution in [0.1, 0.15) is 42.7 Å². The van der Waals surface area contributed by atoms with Crippen molar-refractivity contribution in [3.8, 4) is 0 Å². The summed E-state index contributed by atoms with van der Waals surface area (Å²) in [5.74, 6) is 1.88. The van der Waals surface area contributed by atoms with Gasteiger partial charge in [0.25, 0.3) is 0 Å². The van der Waals surface area contributed by atoms with Gasteiger partial charge in [0, 0.05) is 5.39 Å². The molecule has 1 aromatic heterocycles. The van der Waals surface area contributed by atoms with Crippen LogP contribution in [0.5, 0.6) is 0 Å². The zero-order chi connectivity index (χ0) is 12.7. The molecule has 0 aliphatic heterocycles. The maximum absolute atomic E-state index is 6.11. The first kappa shape index (κ1) is 11.8. The van der Waals surface area contributed by atoms with Crippen molar-refractivity contribution in [1.82, 2.24) is 5.32 Å². The summed E-state index contributed by atoms with van der Waals surface area (Å²) >= 11 is 0. The van der Waals surface area contributed by atoms with E-state index in [9.17, 15) is 0 Å². The van der Waals surface area contributed by atoms with E-state index < -0.39 is 0 Å². The molecule has 1 aromatic carbocycles. The van der Waals surface area contributed by atoms with Crippen molar-refractivity contribution in [1.29, 1.82) is 0 Å². The Morgan fingerprint density at radius 2 is 2.06 bits per heavy atom. The van der Waals surface area contributed by atoms with Crippen molar-refractivity contribution >= 4 is 11.0 Å². The lowest BCUT2D eigenvalue weighted by molar-refractivity contribution is 0.403. The monoisotopic (exact) mass is 243 g/mol. The molecule has 1 saturated carbocycles. The number of rotatable bonds is 4. The lowest BCUT2D eigenvalue weighted by Gasteiger charge is -2.13. The highest BCUT2D eigenvalue weighted by molar-refractivity contribution is 5.82. The third kappa shape index (κ3) is 2.05. The van der Waals surface area contributed by atoms with Crippen molar-refractivity contribution in [3.05, 3.63) is 35.1 Å². The van der Waals surface area contributed by atoms with Gasteiger partial charge in [-0.1, -0.05) is 18.6 Å². The summed E-state index contributed by atoms with van der Waals surface area (Å²) in [7, 11) is 0. The standard InChI is InChI=1S/C16H21NO/c1-4-17-15(12-5-6-12)14-9-13-8-10(2)7-11(3)16(13)18-14/h7-9,12,15,17H,4-6H2,1-3H3. The second kappa shape index (κ2) is 4.43. The molecule has 1 fully saturated rings. The first-order chi connectivity index (χ1) is 8.69. The molecule has 0 amide bonds. The molecular formula is C16H21NO. The van der Waals surface area contributed by atoms with E-state index in [0.29, 0.717) is 6.04 Å². The van der Waals surface area contributed by atoms with Crippen molar-refractivity contribution in [2.45, 2.75) is 39.7 Å². The van der Waals surface area contributed by atoms with Crippen LogP contribution in [0.2, 0.25) is 0 Å². The van der Waals surface area contributed by atoms with Gasteiger partial charge < -0.3 is 9.73 Å². The van der Waals surface area contributed by atoms with E-state index in [1.54, 1.807) is 0 Å². The molecule has 2 nitrogen and oxygen atoms in total. The quantitative estimate of drug-likeness (QED) is 0.874. The SMILES string of the molecule is CCNC(c1cc2cc(C)cc(C)c2o1)C1CC1. The van der Waals surface area contributed by atoms with Gasteiger partial charge in [0.05, 0.1) is 6.04 Å². The number of hydrogen-bond acceptors (Lipinski definition) is 2. The zero-order valence-electron chi connectivity index (χ0n) is 11.4. The van der Waals surface area contributed by atoms with Gasteiger partial charge in [-0.2, -0.15) is 0 Å². The van der Waals surface area contributed by atoms with E-state index in [1.807, 2.05) is 0 Å². The molecule has 18 heavy (non-hydrogen) atoms. The molecule has 1 atom stereocenters. The molecule has 1 aliphatic carbocycles. The molecule has 0 radical (unpaired) electrons. The number of hydrogen-bond donors (Lipinski definition) is 1. The van der Waals surface area contributed by atoms with E-state index in [1.165, 1.54) is 29.4 Å². The molecule has 96 valence electrons. The fourth-order valence-electron chi connectivity index (χ4n) is 2.84. The molecule has 2 aromatic rings. The minimum Gasteiger partial charge on any atom is -0.459 e. The van der Waals surface area contributed by atoms with Crippen LogP contribution in [0.15, 0.2) is 22.6 Å². The van der Waals surface area contributed by atoms with Gasteiger partial charge in [-0.05, 0) is 56.8 Å². The molecule has 0 spiro atoms. The number of fused-ring (bicyclic) bond motifs is 1. The van der Waals surface area contributed by atoms with E-state index in [0.717, 1.165) is 23.8 Å². The smallest absolute Gasteiger partial charge is 0.137 e. The lowest BCUT2D eigenvalue weighted by Crippen LogP contribution is -2.21. The predicted molar refractivity (Wildman–Crippen MR) is 74.8 cm³/mol. The minimum absolute atomic E-state index is 0.405. The fraction of sp³-hybridized carbons (Fsp3) is 0.500. The van der Waals surface area contributed by atoms with Gasteiger partial charge in [0.2, 0.25) is 0 Å². The van der Waals surface area contributed by atoms with Crippen molar-refractivity contribution in [2.24, 2.45) is 5.92 Å². The van der Waals surface area contributed by atoms with E-state index in [2.05, 4.69) is 44.3 Å². The largest absolute Gasteiger partial charge is 0.459 e. The fourth-order valence-corrected chi connectivity index (χ4v) is 2.84. The van der Waals surface area contributed by atoms with Gasteiger partial charge in [-0.25, -0.2) is 0 Å². The summed E-state index contributed by atoms with van der Waals surface area (Å²) < 4.78 is 6.11. The molecule has 1 aliphatic rings. The van der Waals surface area contributed by atoms with Gasteiger partial charge in [-0.15, -0.1) is 0 Å². The summed E-state index contributed by atoms with van der Waals surface area (Å²) in [5.41, 5.74) is 3.60. The topological polar surface area (TPSA) is 25.2 Å². The van der Waals surface area contributed by atoms with Gasteiger partial charge in [0.1, 0.15) is 11.3 Å². The number of benzene rings is 1. The van der Waals surface area contributed by atoms with E-state index >= 15 is 0 Å². The third-order valence-electron chi connectivity index (χ3n) is 3.79. The maximum atomic E-state index is 6.11. The Kier molecular flexibility index (Phi) is 2.90. The Morgan fingerprint density at radius 1 is 1.28 bits per heavy atom. The summed E-state index contributed by atoms with van der Waals surface area (Å²) in [5, 5.41) is 4.80. The Labute approximate surface area is 108 Å². The summed E-state index contributed by atoms with van der Waals surface area (Å²) in [4.78, 5) is 0. The van der Waals surface area contributed by atoms with Crippen molar-refractivity contribution < 1.29 is 4.42 Å². The van der Waals surface area contributed by atoms with Crippen molar-refractivity contribution in [2.75, 3.05) is 6.54 Å². The second-order valence-corrected chi connectivity index (χ2v) is 5.52. The number of nitrogens with one attached hydrogen (secondary N) is 1. The Hall–Kier alpha value is -1.28. The molecule has 1 N–H and O–H groups in total. The van der Waals surface area contributed by atoms with Crippen LogP contribution in [-0.2, 0) is 0 Å². The number of furan rings is 1. The first-order valence-corrected chi connectivity index (χ1v) is 6.93. The second-order valence-electron chi connectivity index (χ2n) is 5.52. The van der Waals surface area contributed by atoms with Gasteiger partial charge >= 0.3 is 0 Å². The Morgan fingerprint density at radius 3 is 2.72 bits per heavy atom. The molecule has 3 rings (SSSR count). The zero-order valence-corrected chi connectivity index (χ0v) is 11.4. The van der Waals surface area contributed by atoms with Crippen LogP contribution < -0.4 is 5.32 Å². The van der Waals surface area contributed by atoms with Crippen LogP contribution in [0.4, 0.5) is 0 Å². The molecule has 0 saturated heterocycles.